The van der Waals surface area contributed by atoms with Crippen LogP contribution in [0.25, 0.3) is 0 Å². The van der Waals surface area contributed by atoms with Gasteiger partial charge in [-0.05, 0) is 30.9 Å². The summed E-state index contributed by atoms with van der Waals surface area (Å²) >= 11 is 0. The Labute approximate surface area is 247 Å². The van der Waals surface area contributed by atoms with Gasteiger partial charge >= 0.3 is 6.09 Å². The minimum absolute atomic E-state index is 0.00456. The molecule has 0 radical (unpaired) electrons. The molecule has 11 atom stereocenters. The van der Waals surface area contributed by atoms with E-state index >= 15 is 0 Å². The molecule has 0 aromatic heterocycles. The number of ether oxygens (including phenoxy) is 4. The number of carbonyl (C=O) groups excluding carboxylic acids is 1. The van der Waals surface area contributed by atoms with Crippen molar-refractivity contribution in [1.29, 1.82) is 0 Å². The highest BCUT2D eigenvalue weighted by Gasteiger charge is 2.49. The molecule has 2 heterocycles. The van der Waals surface area contributed by atoms with Crippen LogP contribution in [0.3, 0.4) is 0 Å². The van der Waals surface area contributed by atoms with Crippen molar-refractivity contribution in [2.24, 2.45) is 17.6 Å². The zero-order chi connectivity index (χ0) is 31.2. The van der Waals surface area contributed by atoms with Crippen molar-refractivity contribution in [3.8, 4) is 5.75 Å². The van der Waals surface area contributed by atoms with Gasteiger partial charge in [-0.25, -0.2) is 4.79 Å². The van der Waals surface area contributed by atoms with Crippen LogP contribution >= 0.6 is 0 Å². The summed E-state index contributed by atoms with van der Waals surface area (Å²) in [7, 11) is 0. The van der Waals surface area contributed by atoms with Crippen molar-refractivity contribution in [1.82, 2.24) is 5.32 Å². The van der Waals surface area contributed by atoms with Gasteiger partial charge < -0.3 is 55.5 Å². The molecule has 0 aliphatic carbocycles. The number of hydrogen-bond acceptors (Lipinski definition) is 11. The molecule has 12 heteroatoms. The van der Waals surface area contributed by atoms with E-state index in [2.05, 4.69) is 5.32 Å². The third kappa shape index (κ3) is 9.43. The fourth-order valence-electron chi connectivity index (χ4n) is 5.05. The number of allylic oxidation sites excluding steroid dienone is 1. The molecule has 1 aromatic carbocycles. The standard InChI is InChI=1S/C30H48N2O10/c1-16(2)11-12-20(40-28-27(36)24(31)26(35)18(5)39-28)13-23-25(32-29(37)41-19-9-7-6-8-10-19)22(34)15-30(38,42-23)14-21(33)17(3)4/h6-12,16-18,20-28,33-36,38H,13-15,31H2,1-5H3,(H,32,37)/b12-11+/t18?,20-,21+,22-,23-,24?,25?,26?,27?,28?,30+/m0/s1. The number of aliphatic hydroxyl groups is 5. The first-order chi connectivity index (χ1) is 19.7. The molecule has 2 aliphatic rings. The monoisotopic (exact) mass is 596 g/mol. The lowest BCUT2D eigenvalue weighted by atomic mass is 9.86. The zero-order valence-electron chi connectivity index (χ0n) is 24.9. The molecule has 2 aliphatic heterocycles. The number of benzene rings is 1. The Bertz CT molecular complexity index is 1010. The van der Waals surface area contributed by atoms with Crippen molar-refractivity contribution in [3.05, 3.63) is 42.5 Å². The highest BCUT2D eigenvalue weighted by Crippen LogP contribution is 2.35. The summed E-state index contributed by atoms with van der Waals surface area (Å²) in [6.45, 7) is 9.14. The Morgan fingerprint density at radius 1 is 1.14 bits per heavy atom. The molecule has 8 N–H and O–H groups in total. The number of para-hydroxylation sites is 1. The van der Waals surface area contributed by atoms with Gasteiger partial charge in [-0.2, -0.15) is 0 Å². The second-order valence-electron chi connectivity index (χ2n) is 12.1. The summed E-state index contributed by atoms with van der Waals surface area (Å²) < 4.78 is 23.3. The van der Waals surface area contributed by atoms with Crippen LogP contribution in [0.5, 0.6) is 5.75 Å². The smallest absolute Gasteiger partial charge is 0.410 e. The highest BCUT2D eigenvalue weighted by molar-refractivity contribution is 5.70. The SMILES string of the molecule is CC(C)/C=C/[C@@H](C[C@@H]1O[C@](O)(C[C@@H](O)C(C)C)C[C@H](O)C1NC(=O)Oc1ccccc1)OC1OC(C)C(O)C(N)C1O. The number of rotatable bonds is 11. The van der Waals surface area contributed by atoms with Crippen molar-refractivity contribution in [3.63, 3.8) is 0 Å². The summed E-state index contributed by atoms with van der Waals surface area (Å²) in [5.74, 6) is -1.65. The highest BCUT2D eigenvalue weighted by atomic mass is 16.7. The van der Waals surface area contributed by atoms with Gasteiger partial charge in [0.05, 0.1) is 48.7 Å². The van der Waals surface area contributed by atoms with Gasteiger partial charge in [0.25, 0.3) is 0 Å². The van der Waals surface area contributed by atoms with E-state index in [1.165, 1.54) is 0 Å². The molecule has 12 nitrogen and oxygen atoms in total. The number of amides is 1. The molecule has 42 heavy (non-hydrogen) atoms. The molecule has 1 aromatic rings. The van der Waals surface area contributed by atoms with E-state index in [1.54, 1.807) is 57.2 Å². The van der Waals surface area contributed by atoms with Gasteiger partial charge in [0.2, 0.25) is 0 Å². The molecule has 0 spiro atoms. The summed E-state index contributed by atoms with van der Waals surface area (Å²) in [5.41, 5.74) is 6.00. The molecule has 3 rings (SSSR count). The average Bonchev–Trinajstić information content (AvgIpc) is 2.91. The lowest BCUT2D eigenvalue weighted by molar-refractivity contribution is -0.303. The molecular weight excluding hydrogens is 548 g/mol. The quantitative estimate of drug-likeness (QED) is 0.181. The maximum Gasteiger partial charge on any atom is 0.413 e. The number of aliphatic hydroxyl groups excluding tert-OH is 4. The van der Waals surface area contributed by atoms with Gasteiger partial charge in [-0.1, -0.05) is 58.0 Å². The normalized spacial score (nSPS) is 35.4. The number of hydrogen-bond donors (Lipinski definition) is 7. The van der Waals surface area contributed by atoms with E-state index in [1.807, 2.05) is 19.9 Å². The van der Waals surface area contributed by atoms with Crippen LogP contribution in [0.4, 0.5) is 4.79 Å². The van der Waals surface area contributed by atoms with Gasteiger partial charge in [-0.3, -0.25) is 0 Å². The summed E-state index contributed by atoms with van der Waals surface area (Å²) in [5, 5.41) is 56.6. The molecule has 0 saturated carbocycles. The number of carbonyl (C=O) groups is 1. The van der Waals surface area contributed by atoms with Crippen LogP contribution in [-0.4, -0.2) is 98.5 Å². The molecule has 1 amide bonds. The number of nitrogens with two attached hydrogens (primary N) is 1. The third-order valence-electron chi connectivity index (χ3n) is 7.63. The van der Waals surface area contributed by atoms with Crippen LogP contribution in [0.2, 0.25) is 0 Å². The molecule has 2 fully saturated rings. The lowest BCUT2D eigenvalue weighted by Crippen LogP contribution is -2.63. The second-order valence-corrected chi connectivity index (χ2v) is 12.1. The topological polar surface area (TPSA) is 193 Å². The Kier molecular flexibility index (Phi) is 12.3. The molecular formula is C30H48N2O10. The molecule has 238 valence electrons. The average molecular weight is 597 g/mol. The predicted molar refractivity (Wildman–Crippen MR) is 153 cm³/mol. The van der Waals surface area contributed by atoms with Crippen molar-refractivity contribution < 1.29 is 49.3 Å². The fraction of sp³-hybridized carbons (Fsp3) is 0.700. The molecule has 6 unspecified atom stereocenters. The Balaban J connectivity index is 1.87. The summed E-state index contributed by atoms with van der Waals surface area (Å²) in [6.07, 6.45) is -5.99. The van der Waals surface area contributed by atoms with Crippen LogP contribution in [0.1, 0.15) is 53.9 Å². The van der Waals surface area contributed by atoms with Crippen LogP contribution < -0.4 is 15.8 Å². The van der Waals surface area contributed by atoms with Gasteiger partial charge in [0.15, 0.2) is 12.1 Å². The van der Waals surface area contributed by atoms with Gasteiger partial charge in [0.1, 0.15) is 11.9 Å². The van der Waals surface area contributed by atoms with E-state index in [0.717, 1.165) is 0 Å². The molecule has 0 bridgehead atoms. The fourth-order valence-corrected chi connectivity index (χ4v) is 5.05. The van der Waals surface area contributed by atoms with Crippen LogP contribution in [-0.2, 0) is 14.2 Å². The summed E-state index contributed by atoms with van der Waals surface area (Å²) in [6, 6.07) is 6.37. The van der Waals surface area contributed by atoms with E-state index in [9.17, 15) is 30.3 Å². The van der Waals surface area contributed by atoms with E-state index in [0.29, 0.717) is 5.75 Å². The largest absolute Gasteiger partial charge is 0.413 e. The third-order valence-corrected chi connectivity index (χ3v) is 7.63. The maximum absolute atomic E-state index is 12.8. The van der Waals surface area contributed by atoms with Gasteiger partial charge in [0, 0.05) is 19.3 Å². The first-order valence-electron chi connectivity index (χ1n) is 14.6. The Morgan fingerprint density at radius 3 is 2.43 bits per heavy atom. The first-order valence-corrected chi connectivity index (χ1v) is 14.6. The van der Waals surface area contributed by atoms with Crippen molar-refractivity contribution in [2.45, 2.75) is 121 Å². The minimum Gasteiger partial charge on any atom is -0.410 e. The first kappa shape index (κ1) is 34.4. The minimum atomic E-state index is -1.90. The van der Waals surface area contributed by atoms with Gasteiger partial charge in [-0.15, -0.1) is 0 Å². The molecule has 2 saturated heterocycles. The summed E-state index contributed by atoms with van der Waals surface area (Å²) in [4.78, 5) is 12.8. The van der Waals surface area contributed by atoms with E-state index in [4.69, 9.17) is 24.7 Å². The van der Waals surface area contributed by atoms with E-state index < -0.39 is 73.0 Å². The predicted octanol–water partition coefficient (Wildman–Crippen LogP) is 1.17. The zero-order valence-corrected chi connectivity index (χ0v) is 24.9. The van der Waals surface area contributed by atoms with Crippen LogP contribution in [0, 0.1) is 11.8 Å². The second kappa shape index (κ2) is 15.0. The maximum atomic E-state index is 12.8. The Hall–Kier alpha value is -2.13. The van der Waals surface area contributed by atoms with Crippen molar-refractivity contribution in [2.75, 3.05) is 0 Å². The van der Waals surface area contributed by atoms with Crippen molar-refractivity contribution >= 4 is 6.09 Å². The Morgan fingerprint density at radius 2 is 1.81 bits per heavy atom. The van der Waals surface area contributed by atoms with E-state index in [-0.39, 0.29) is 31.1 Å². The van der Waals surface area contributed by atoms with Crippen LogP contribution in [0.15, 0.2) is 42.5 Å². The lowest BCUT2D eigenvalue weighted by Gasteiger charge is -2.46. The number of nitrogens with one attached hydrogen (secondary N) is 1.